The number of hydrogen-bond acceptors (Lipinski definition) is 1. The van der Waals surface area contributed by atoms with E-state index >= 15 is 0 Å². The third-order valence-electron chi connectivity index (χ3n) is 1.92. The molecular weight excluding hydrogens is 196 g/mol. The molecule has 0 aromatic heterocycles. The smallest absolute Gasteiger partial charge is 0.142 e. The summed E-state index contributed by atoms with van der Waals surface area (Å²) in [5.41, 5.74) is 5.61. The summed E-state index contributed by atoms with van der Waals surface area (Å²) < 4.78 is 26.1. The third kappa shape index (κ3) is 2.17. The molecule has 0 spiro atoms. The van der Waals surface area contributed by atoms with Crippen molar-refractivity contribution in [1.82, 2.24) is 0 Å². The highest BCUT2D eigenvalue weighted by Gasteiger charge is 2.12. The Hall–Kier alpha value is -0.670. The Morgan fingerprint density at radius 1 is 1.38 bits per heavy atom. The van der Waals surface area contributed by atoms with Crippen LogP contribution in [0.2, 0.25) is 5.02 Å². The number of nitrogens with two attached hydrogens (primary N) is 1. The van der Waals surface area contributed by atoms with Gasteiger partial charge >= 0.3 is 0 Å². The zero-order valence-electron chi connectivity index (χ0n) is 7.15. The highest BCUT2D eigenvalue weighted by Crippen LogP contribution is 2.24. The molecule has 0 saturated carbocycles. The lowest BCUT2D eigenvalue weighted by molar-refractivity contribution is 0.570. The lowest BCUT2D eigenvalue weighted by Gasteiger charge is -2.10. The van der Waals surface area contributed by atoms with Crippen LogP contribution in [0.25, 0.3) is 0 Å². The molecule has 0 saturated heterocycles. The lowest BCUT2D eigenvalue weighted by Crippen LogP contribution is -2.10. The summed E-state index contributed by atoms with van der Waals surface area (Å²) in [6.45, 7) is 2.00. The number of hydrogen-bond donors (Lipinski definition) is 1. The first-order valence-corrected chi connectivity index (χ1v) is 4.28. The van der Waals surface area contributed by atoms with Crippen molar-refractivity contribution < 1.29 is 8.78 Å². The Morgan fingerprint density at radius 2 is 2.00 bits per heavy atom. The molecule has 2 N–H and O–H groups in total. The molecule has 1 aromatic rings. The van der Waals surface area contributed by atoms with Crippen molar-refractivity contribution >= 4 is 11.6 Å². The van der Waals surface area contributed by atoms with Crippen molar-refractivity contribution in [3.05, 3.63) is 34.4 Å². The van der Waals surface area contributed by atoms with Crippen LogP contribution in [0.5, 0.6) is 0 Å². The van der Waals surface area contributed by atoms with Gasteiger partial charge < -0.3 is 5.73 Å². The number of benzene rings is 1. The van der Waals surface area contributed by atoms with Crippen LogP contribution in [0.4, 0.5) is 8.78 Å². The van der Waals surface area contributed by atoms with E-state index in [0.29, 0.717) is 0 Å². The molecule has 0 aliphatic heterocycles. The van der Waals surface area contributed by atoms with E-state index in [0.717, 1.165) is 12.1 Å². The minimum atomic E-state index is -0.613. The summed E-state index contributed by atoms with van der Waals surface area (Å²) in [7, 11) is 0. The second-order valence-electron chi connectivity index (χ2n) is 2.92. The molecule has 72 valence electrons. The van der Waals surface area contributed by atoms with Gasteiger partial charge in [0.2, 0.25) is 0 Å². The Kier molecular flexibility index (Phi) is 3.22. The van der Waals surface area contributed by atoms with E-state index in [2.05, 4.69) is 0 Å². The van der Waals surface area contributed by atoms with Crippen LogP contribution in [0.1, 0.15) is 18.4 Å². The summed E-state index contributed by atoms with van der Waals surface area (Å²) in [5.74, 6) is -1.32. The van der Waals surface area contributed by atoms with Crippen LogP contribution in [-0.2, 0) is 0 Å². The van der Waals surface area contributed by atoms with E-state index in [1.165, 1.54) is 0 Å². The highest BCUT2D eigenvalue weighted by molar-refractivity contribution is 6.30. The van der Waals surface area contributed by atoms with Crippen molar-refractivity contribution in [1.29, 1.82) is 0 Å². The zero-order chi connectivity index (χ0) is 10.0. The second kappa shape index (κ2) is 4.03. The van der Waals surface area contributed by atoms with Gasteiger partial charge in [0.25, 0.3) is 0 Å². The Balaban J connectivity index is 3.15. The minimum Gasteiger partial charge on any atom is -0.330 e. The van der Waals surface area contributed by atoms with Crippen molar-refractivity contribution in [2.75, 3.05) is 6.54 Å². The zero-order valence-corrected chi connectivity index (χ0v) is 7.91. The van der Waals surface area contributed by atoms with Crippen LogP contribution in [0.15, 0.2) is 12.1 Å². The first-order valence-electron chi connectivity index (χ1n) is 3.90. The summed E-state index contributed by atoms with van der Waals surface area (Å²) >= 11 is 5.39. The van der Waals surface area contributed by atoms with Crippen molar-refractivity contribution in [2.24, 2.45) is 5.73 Å². The predicted octanol–water partition coefficient (Wildman–Crippen LogP) is 2.68. The largest absolute Gasteiger partial charge is 0.330 e. The van der Waals surface area contributed by atoms with Gasteiger partial charge in [0, 0.05) is 0 Å². The predicted molar refractivity (Wildman–Crippen MR) is 48.8 cm³/mol. The molecule has 0 radical (unpaired) electrons. The SMILES string of the molecule is CC(CN)c1cc(F)c(Cl)cc1F. The first-order chi connectivity index (χ1) is 6.06. The molecule has 0 amide bonds. The minimum absolute atomic E-state index is 0.202. The molecule has 1 atom stereocenters. The molecule has 0 aliphatic carbocycles. The summed E-state index contributed by atoms with van der Waals surface area (Å²) in [5, 5.41) is -0.203. The van der Waals surface area contributed by atoms with Crippen molar-refractivity contribution in [3.8, 4) is 0 Å². The molecule has 1 nitrogen and oxygen atoms in total. The van der Waals surface area contributed by atoms with E-state index < -0.39 is 11.6 Å². The average Bonchev–Trinajstić information content (AvgIpc) is 2.10. The fourth-order valence-electron chi connectivity index (χ4n) is 1.04. The van der Waals surface area contributed by atoms with Crippen LogP contribution in [0.3, 0.4) is 0 Å². The van der Waals surface area contributed by atoms with Crippen LogP contribution < -0.4 is 5.73 Å². The third-order valence-corrected chi connectivity index (χ3v) is 2.21. The van der Waals surface area contributed by atoms with E-state index in [-0.39, 0.29) is 23.0 Å². The van der Waals surface area contributed by atoms with Gasteiger partial charge in [0.05, 0.1) is 5.02 Å². The monoisotopic (exact) mass is 205 g/mol. The molecule has 0 heterocycles. The van der Waals surface area contributed by atoms with E-state index in [1.54, 1.807) is 6.92 Å². The maximum atomic E-state index is 13.2. The van der Waals surface area contributed by atoms with Gasteiger partial charge in [-0.2, -0.15) is 0 Å². The van der Waals surface area contributed by atoms with Crippen molar-refractivity contribution in [3.63, 3.8) is 0 Å². The molecule has 1 unspecified atom stereocenters. The second-order valence-corrected chi connectivity index (χ2v) is 3.33. The van der Waals surface area contributed by atoms with E-state index in [1.807, 2.05) is 0 Å². The maximum Gasteiger partial charge on any atom is 0.142 e. The van der Waals surface area contributed by atoms with Crippen LogP contribution in [0, 0.1) is 11.6 Å². The number of halogens is 3. The molecule has 0 fully saturated rings. The summed E-state index contributed by atoms with van der Waals surface area (Å²) in [4.78, 5) is 0. The molecule has 4 heteroatoms. The normalized spacial score (nSPS) is 13.0. The van der Waals surface area contributed by atoms with Crippen LogP contribution in [-0.4, -0.2) is 6.54 Å². The Morgan fingerprint density at radius 3 is 2.54 bits per heavy atom. The van der Waals surface area contributed by atoms with Gasteiger partial charge in [0.15, 0.2) is 0 Å². The molecule has 1 aromatic carbocycles. The van der Waals surface area contributed by atoms with Gasteiger partial charge in [-0.25, -0.2) is 8.78 Å². The van der Waals surface area contributed by atoms with E-state index in [4.69, 9.17) is 17.3 Å². The fraction of sp³-hybridized carbons (Fsp3) is 0.333. The van der Waals surface area contributed by atoms with Gasteiger partial charge in [0.1, 0.15) is 11.6 Å². The average molecular weight is 206 g/mol. The first kappa shape index (κ1) is 10.4. The van der Waals surface area contributed by atoms with Gasteiger partial charge in [-0.15, -0.1) is 0 Å². The standard InChI is InChI=1S/C9H10ClF2N/c1-5(4-13)6-2-9(12)7(10)3-8(6)11/h2-3,5H,4,13H2,1H3. The molecule has 0 bridgehead atoms. The van der Waals surface area contributed by atoms with Crippen molar-refractivity contribution in [2.45, 2.75) is 12.8 Å². The number of rotatable bonds is 2. The Labute approximate surface area is 80.5 Å². The van der Waals surface area contributed by atoms with E-state index in [9.17, 15) is 8.78 Å². The Bertz CT molecular complexity index is 315. The molecule has 0 aliphatic rings. The van der Waals surface area contributed by atoms with Gasteiger partial charge in [-0.1, -0.05) is 18.5 Å². The highest BCUT2D eigenvalue weighted by atomic mass is 35.5. The van der Waals surface area contributed by atoms with Gasteiger partial charge in [-0.3, -0.25) is 0 Å². The summed E-state index contributed by atoms with van der Waals surface area (Å²) in [6, 6.07) is 2.06. The van der Waals surface area contributed by atoms with Crippen LogP contribution >= 0.6 is 11.6 Å². The maximum absolute atomic E-state index is 13.2. The lowest BCUT2D eigenvalue weighted by atomic mass is 10.0. The summed E-state index contributed by atoms with van der Waals surface area (Å²) in [6.07, 6.45) is 0. The topological polar surface area (TPSA) is 26.0 Å². The fourth-order valence-corrected chi connectivity index (χ4v) is 1.19. The molecule has 1 rings (SSSR count). The quantitative estimate of drug-likeness (QED) is 0.739. The molecular formula is C9H10ClF2N. The molecule has 13 heavy (non-hydrogen) atoms. The van der Waals surface area contributed by atoms with Gasteiger partial charge in [-0.05, 0) is 30.2 Å².